The number of halogens is 1. The van der Waals surface area contributed by atoms with E-state index in [2.05, 4.69) is 4.90 Å². The fourth-order valence-electron chi connectivity index (χ4n) is 2.24. The zero-order valence-corrected chi connectivity index (χ0v) is 9.73. The summed E-state index contributed by atoms with van der Waals surface area (Å²) in [4.78, 5) is 2.16. The number of aliphatic hydroxyl groups excluding tert-OH is 2. The first-order chi connectivity index (χ1) is 7.72. The first-order valence-electron chi connectivity index (χ1n) is 5.41. The third-order valence-corrected chi connectivity index (χ3v) is 3.33. The fraction of sp³-hybridized carbons (Fsp3) is 0.636. The summed E-state index contributed by atoms with van der Waals surface area (Å²) >= 11 is 5.69. The van der Waals surface area contributed by atoms with Crippen LogP contribution in [0.4, 0.5) is 0 Å². The second-order valence-electron chi connectivity index (χ2n) is 4.29. The smallest absolute Gasteiger partial charge is 0.193 e. The molecule has 1 aromatic rings. The highest BCUT2D eigenvalue weighted by Gasteiger charge is 2.31. The Kier molecular flexibility index (Phi) is 3.86. The maximum atomic E-state index is 9.17. The summed E-state index contributed by atoms with van der Waals surface area (Å²) in [6.07, 6.45) is 0. The van der Waals surface area contributed by atoms with Crippen LogP contribution in [0.2, 0.25) is 5.22 Å². The number of furan rings is 1. The van der Waals surface area contributed by atoms with Crippen LogP contribution in [0.3, 0.4) is 0 Å². The molecule has 1 aliphatic heterocycles. The van der Waals surface area contributed by atoms with Crippen molar-refractivity contribution in [2.75, 3.05) is 26.3 Å². The van der Waals surface area contributed by atoms with Crippen LogP contribution in [0.15, 0.2) is 16.5 Å². The first-order valence-corrected chi connectivity index (χ1v) is 5.79. The Morgan fingerprint density at radius 3 is 2.31 bits per heavy atom. The van der Waals surface area contributed by atoms with Gasteiger partial charge in [0.2, 0.25) is 0 Å². The number of likely N-dealkylation sites (tertiary alicyclic amines) is 1. The Labute approximate surface area is 99.4 Å². The lowest BCUT2D eigenvalue weighted by atomic mass is 9.98. The number of hydrogen-bond donors (Lipinski definition) is 2. The van der Waals surface area contributed by atoms with Crippen molar-refractivity contribution in [1.82, 2.24) is 4.90 Å². The van der Waals surface area contributed by atoms with Crippen molar-refractivity contribution in [2.45, 2.75) is 6.54 Å². The molecule has 0 bridgehead atoms. The molecule has 16 heavy (non-hydrogen) atoms. The van der Waals surface area contributed by atoms with Crippen molar-refractivity contribution >= 4 is 11.6 Å². The molecule has 0 aromatic carbocycles. The minimum absolute atomic E-state index is 0.126. The molecule has 2 atom stereocenters. The van der Waals surface area contributed by atoms with Crippen LogP contribution >= 0.6 is 11.6 Å². The second-order valence-corrected chi connectivity index (χ2v) is 4.66. The monoisotopic (exact) mass is 245 g/mol. The van der Waals surface area contributed by atoms with E-state index in [0.29, 0.717) is 11.8 Å². The van der Waals surface area contributed by atoms with Crippen LogP contribution < -0.4 is 0 Å². The normalized spacial score (nSPS) is 26.4. The fourth-order valence-corrected chi connectivity index (χ4v) is 2.40. The van der Waals surface area contributed by atoms with Gasteiger partial charge in [0, 0.05) is 38.1 Å². The molecule has 2 heterocycles. The summed E-state index contributed by atoms with van der Waals surface area (Å²) in [5.74, 6) is 1.14. The molecule has 5 heteroatoms. The zero-order valence-electron chi connectivity index (χ0n) is 8.97. The number of aliphatic hydroxyl groups is 2. The summed E-state index contributed by atoms with van der Waals surface area (Å²) in [5.41, 5.74) is 0. The lowest BCUT2D eigenvalue weighted by Crippen LogP contribution is -2.20. The van der Waals surface area contributed by atoms with Gasteiger partial charge in [0.1, 0.15) is 5.76 Å². The van der Waals surface area contributed by atoms with Crippen LogP contribution in [-0.2, 0) is 6.54 Å². The van der Waals surface area contributed by atoms with Gasteiger partial charge in [-0.2, -0.15) is 0 Å². The van der Waals surface area contributed by atoms with E-state index in [0.717, 1.165) is 18.8 Å². The average molecular weight is 246 g/mol. The van der Waals surface area contributed by atoms with Crippen molar-refractivity contribution in [3.63, 3.8) is 0 Å². The number of hydrogen-bond acceptors (Lipinski definition) is 4. The van der Waals surface area contributed by atoms with E-state index in [-0.39, 0.29) is 25.0 Å². The van der Waals surface area contributed by atoms with Crippen molar-refractivity contribution < 1.29 is 14.6 Å². The van der Waals surface area contributed by atoms with E-state index in [1.165, 1.54) is 0 Å². The van der Waals surface area contributed by atoms with Gasteiger partial charge in [0.25, 0.3) is 0 Å². The van der Waals surface area contributed by atoms with Crippen LogP contribution in [0.5, 0.6) is 0 Å². The quantitative estimate of drug-likeness (QED) is 0.830. The lowest BCUT2D eigenvalue weighted by Gasteiger charge is -2.13. The molecule has 1 fully saturated rings. The predicted octanol–water partition coefficient (Wildman–Crippen LogP) is 0.966. The first kappa shape index (κ1) is 11.9. The van der Waals surface area contributed by atoms with E-state index in [4.69, 9.17) is 16.0 Å². The largest absolute Gasteiger partial charge is 0.448 e. The van der Waals surface area contributed by atoms with E-state index in [1.54, 1.807) is 6.07 Å². The van der Waals surface area contributed by atoms with Gasteiger partial charge >= 0.3 is 0 Å². The minimum Gasteiger partial charge on any atom is -0.448 e. The molecular weight excluding hydrogens is 230 g/mol. The highest BCUT2D eigenvalue weighted by molar-refractivity contribution is 6.28. The van der Waals surface area contributed by atoms with E-state index < -0.39 is 0 Å². The van der Waals surface area contributed by atoms with Crippen molar-refractivity contribution in [2.24, 2.45) is 11.8 Å². The van der Waals surface area contributed by atoms with E-state index >= 15 is 0 Å². The predicted molar refractivity (Wildman–Crippen MR) is 60.1 cm³/mol. The van der Waals surface area contributed by atoms with Gasteiger partial charge < -0.3 is 14.6 Å². The maximum Gasteiger partial charge on any atom is 0.193 e. The molecule has 4 nitrogen and oxygen atoms in total. The molecule has 0 unspecified atom stereocenters. The molecule has 0 amide bonds. The van der Waals surface area contributed by atoms with Gasteiger partial charge in [-0.05, 0) is 23.7 Å². The molecule has 0 aliphatic carbocycles. The molecule has 0 radical (unpaired) electrons. The SMILES string of the molecule is OC[C@@H]1CN(Cc2ccc(Cl)o2)C[C@H]1CO. The van der Waals surface area contributed by atoms with Gasteiger partial charge in [-0.25, -0.2) is 0 Å². The maximum absolute atomic E-state index is 9.17. The Morgan fingerprint density at radius 1 is 1.25 bits per heavy atom. The topological polar surface area (TPSA) is 56.8 Å². The molecule has 1 aliphatic rings. The van der Waals surface area contributed by atoms with Gasteiger partial charge in [-0.3, -0.25) is 4.90 Å². The molecule has 2 rings (SSSR count). The molecule has 2 N–H and O–H groups in total. The Hall–Kier alpha value is -0.550. The summed E-state index contributed by atoms with van der Waals surface area (Å²) in [7, 11) is 0. The summed E-state index contributed by atoms with van der Waals surface area (Å²) in [5, 5.41) is 18.7. The van der Waals surface area contributed by atoms with E-state index in [1.807, 2.05) is 6.07 Å². The number of rotatable bonds is 4. The molecule has 90 valence electrons. The Balaban J connectivity index is 1.92. The summed E-state index contributed by atoms with van der Waals surface area (Å²) < 4.78 is 5.28. The number of nitrogens with zero attached hydrogens (tertiary/aromatic N) is 1. The average Bonchev–Trinajstić information content (AvgIpc) is 2.85. The minimum atomic E-state index is 0.126. The molecule has 1 aromatic heterocycles. The summed E-state index contributed by atoms with van der Waals surface area (Å²) in [6.45, 7) is 2.51. The van der Waals surface area contributed by atoms with E-state index in [9.17, 15) is 10.2 Å². The molecule has 1 saturated heterocycles. The second kappa shape index (κ2) is 5.19. The Morgan fingerprint density at radius 2 is 1.88 bits per heavy atom. The van der Waals surface area contributed by atoms with Crippen LogP contribution in [0.1, 0.15) is 5.76 Å². The molecule has 0 saturated carbocycles. The van der Waals surface area contributed by atoms with Crippen molar-refractivity contribution in [3.8, 4) is 0 Å². The highest BCUT2D eigenvalue weighted by Crippen LogP contribution is 2.25. The van der Waals surface area contributed by atoms with Gasteiger partial charge in [-0.1, -0.05) is 0 Å². The van der Waals surface area contributed by atoms with Crippen molar-refractivity contribution in [1.29, 1.82) is 0 Å². The third kappa shape index (κ3) is 2.58. The highest BCUT2D eigenvalue weighted by atomic mass is 35.5. The lowest BCUT2D eigenvalue weighted by molar-refractivity contribution is 0.152. The molecule has 0 spiro atoms. The zero-order chi connectivity index (χ0) is 11.5. The van der Waals surface area contributed by atoms with Crippen LogP contribution in [-0.4, -0.2) is 41.4 Å². The van der Waals surface area contributed by atoms with Crippen molar-refractivity contribution in [3.05, 3.63) is 23.1 Å². The van der Waals surface area contributed by atoms with Gasteiger partial charge in [0.05, 0.1) is 6.54 Å². The third-order valence-electron chi connectivity index (χ3n) is 3.13. The van der Waals surface area contributed by atoms with Gasteiger partial charge in [0.15, 0.2) is 5.22 Å². The molecular formula is C11H16ClNO3. The summed E-state index contributed by atoms with van der Waals surface area (Å²) in [6, 6.07) is 3.57. The van der Waals surface area contributed by atoms with Crippen LogP contribution in [0, 0.1) is 11.8 Å². The van der Waals surface area contributed by atoms with Crippen LogP contribution in [0.25, 0.3) is 0 Å². The van der Waals surface area contributed by atoms with Gasteiger partial charge in [-0.15, -0.1) is 0 Å². The standard InChI is InChI=1S/C11H16ClNO3/c12-11-2-1-10(16-11)5-13-3-8(6-14)9(4-13)7-15/h1-2,8-9,14-15H,3-7H2/t8-,9-/m0/s1. The Bertz CT molecular complexity index is 330.